The van der Waals surface area contributed by atoms with Crippen molar-refractivity contribution in [1.29, 1.82) is 0 Å². The highest BCUT2D eigenvalue weighted by Gasteiger charge is 2.28. The summed E-state index contributed by atoms with van der Waals surface area (Å²) in [4.78, 5) is 26.2. The Kier molecular flexibility index (Phi) is 4.98. The van der Waals surface area contributed by atoms with E-state index in [1.54, 1.807) is 11.1 Å². The Morgan fingerprint density at radius 3 is 2.68 bits per heavy atom. The second-order valence-electron chi connectivity index (χ2n) is 6.19. The van der Waals surface area contributed by atoms with Crippen LogP contribution in [0.2, 0.25) is 0 Å². The van der Waals surface area contributed by atoms with Crippen molar-refractivity contribution >= 4 is 23.6 Å². The fourth-order valence-corrected chi connectivity index (χ4v) is 3.17. The number of nitrogens with one attached hydrogen (secondary N) is 1. The maximum atomic E-state index is 12.6. The lowest BCUT2D eigenvalue weighted by Gasteiger charge is -2.32. The fraction of sp³-hybridized carbons (Fsp3) is 0.238. The Morgan fingerprint density at radius 1 is 1.12 bits per heavy atom. The van der Waals surface area contributed by atoms with Gasteiger partial charge in [0.1, 0.15) is 0 Å². The van der Waals surface area contributed by atoms with Crippen molar-refractivity contribution in [2.45, 2.75) is 32.7 Å². The summed E-state index contributed by atoms with van der Waals surface area (Å²) >= 11 is 0. The first-order chi connectivity index (χ1) is 12.1. The molecule has 0 saturated carbocycles. The van der Waals surface area contributed by atoms with E-state index in [4.69, 9.17) is 0 Å². The standard InChI is InChI=1S/C21H22N2O2/c1-3-16-7-6-9-18(13-16)22-21(25)14-20-19-10-5-4-8-17(19)11-12-23(20)15(2)24/h4-13,20H,3,14H2,1-2H3,(H,22,25)/t20-/m1/s1. The lowest BCUT2D eigenvalue weighted by atomic mass is 9.93. The molecular weight excluding hydrogens is 312 g/mol. The number of hydrogen-bond donors (Lipinski definition) is 1. The van der Waals surface area contributed by atoms with Crippen LogP contribution < -0.4 is 5.32 Å². The molecule has 1 aliphatic heterocycles. The van der Waals surface area contributed by atoms with Crippen LogP contribution in [-0.4, -0.2) is 16.7 Å². The van der Waals surface area contributed by atoms with Crippen molar-refractivity contribution in [3.63, 3.8) is 0 Å². The third kappa shape index (κ3) is 3.79. The first kappa shape index (κ1) is 17.0. The van der Waals surface area contributed by atoms with Crippen molar-refractivity contribution < 1.29 is 9.59 Å². The lowest BCUT2D eigenvalue weighted by Crippen LogP contribution is -2.33. The van der Waals surface area contributed by atoms with Gasteiger partial charge in [-0.25, -0.2) is 0 Å². The Bertz CT molecular complexity index is 826. The van der Waals surface area contributed by atoms with Gasteiger partial charge < -0.3 is 10.2 Å². The summed E-state index contributed by atoms with van der Waals surface area (Å²) in [5, 5.41) is 2.95. The Hall–Kier alpha value is -2.88. The van der Waals surface area contributed by atoms with Crippen LogP contribution in [-0.2, 0) is 16.0 Å². The monoisotopic (exact) mass is 334 g/mol. The van der Waals surface area contributed by atoms with Gasteiger partial charge in [-0.15, -0.1) is 0 Å². The number of nitrogens with zero attached hydrogens (tertiary/aromatic N) is 1. The van der Waals surface area contributed by atoms with Gasteiger partial charge in [-0.1, -0.05) is 43.3 Å². The van der Waals surface area contributed by atoms with Gasteiger partial charge in [-0.3, -0.25) is 9.59 Å². The van der Waals surface area contributed by atoms with Crippen molar-refractivity contribution in [2.24, 2.45) is 0 Å². The summed E-state index contributed by atoms with van der Waals surface area (Å²) < 4.78 is 0. The summed E-state index contributed by atoms with van der Waals surface area (Å²) in [6.45, 7) is 3.60. The highest BCUT2D eigenvalue weighted by atomic mass is 16.2. The Labute approximate surface area is 148 Å². The molecule has 25 heavy (non-hydrogen) atoms. The molecule has 1 atom stereocenters. The molecule has 0 spiro atoms. The second-order valence-corrected chi connectivity index (χ2v) is 6.19. The molecule has 0 aliphatic carbocycles. The molecule has 1 N–H and O–H groups in total. The van der Waals surface area contributed by atoms with Gasteiger partial charge in [-0.2, -0.15) is 0 Å². The number of aryl methyl sites for hydroxylation is 1. The van der Waals surface area contributed by atoms with Crippen molar-refractivity contribution in [1.82, 2.24) is 4.90 Å². The number of hydrogen-bond acceptors (Lipinski definition) is 2. The fourth-order valence-electron chi connectivity index (χ4n) is 3.17. The third-order valence-electron chi connectivity index (χ3n) is 4.47. The van der Waals surface area contributed by atoms with Gasteiger partial charge in [0.2, 0.25) is 11.8 Å². The highest BCUT2D eigenvalue weighted by Crippen LogP contribution is 2.33. The molecule has 2 amide bonds. The van der Waals surface area contributed by atoms with Crippen LogP contribution in [0.25, 0.3) is 6.08 Å². The summed E-state index contributed by atoms with van der Waals surface area (Å²) in [6, 6.07) is 15.4. The zero-order valence-electron chi connectivity index (χ0n) is 14.5. The molecule has 0 radical (unpaired) electrons. The molecule has 0 fully saturated rings. The molecule has 0 bridgehead atoms. The Balaban J connectivity index is 1.80. The van der Waals surface area contributed by atoms with Gasteiger partial charge >= 0.3 is 0 Å². The lowest BCUT2D eigenvalue weighted by molar-refractivity contribution is -0.129. The number of rotatable bonds is 4. The zero-order chi connectivity index (χ0) is 17.8. The molecule has 0 unspecified atom stereocenters. The predicted octanol–water partition coefficient (Wildman–Crippen LogP) is 4.15. The number of amides is 2. The predicted molar refractivity (Wildman–Crippen MR) is 99.8 cm³/mol. The molecule has 128 valence electrons. The van der Waals surface area contributed by atoms with E-state index in [0.717, 1.165) is 23.2 Å². The minimum atomic E-state index is -0.284. The van der Waals surface area contributed by atoms with Gasteiger partial charge in [0.15, 0.2) is 0 Å². The van der Waals surface area contributed by atoms with E-state index >= 15 is 0 Å². The average molecular weight is 334 g/mol. The van der Waals surface area contributed by atoms with Gasteiger partial charge in [-0.05, 0) is 41.3 Å². The molecule has 4 nitrogen and oxygen atoms in total. The summed E-state index contributed by atoms with van der Waals surface area (Å²) in [7, 11) is 0. The minimum absolute atomic E-state index is 0.0727. The molecule has 2 aromatic rings. The number of carbonyl (C=O) groups is 2. The average Bonchev–Trinajstić information content (AvgIpc) is 2.61. The summed E-state index contributed by atoms with van der Waals surface area (Å²) in [5.41, 5.74) is 4.01. The highest BCUT2D eigenvalue weighted by molar-refractivity contribution is 5.92. The Morgan fingerprint density at radius 2 is 1.92 bits per heavy atom. The van der Waals surface area contributed by atoms with E-state index in [-0.39, 0.29) is 24.3 Å². The first-order valence-corrected chi connectivity index (χ1v) is 8.53. The zero-order valence-corrected chi connectivity index (χ0v) is 14.5. The topological polar surface area (TPSA) is 49.4 Å². The summed E-state index contributed by atoms with van der Waals surface area (Å²) in [5.74, 6) is -0.175. The smallest absolute Gasteiger partial charge is 0.226 e. The number of benzene rings is 2. The van der Waals surface area contributed by atoms with Gasteiger partial charge in [0.05, 0.1) is 12.5 Å². The SMILES string of the molecule is CCc1cccc(NC(=O)C[C@@H]2c3ccccc3C=CN2C(C)=O)c1. The van der Waals surface area contributed by atoms with Gasteiger partial charge in [0, 0.05) is 18.8 Å². The quantitative estimate of drug-likeness (QED) is 0.913. The van der Waals surface area contributed by atoms with Crippen molar-refractivity contribution in [2.75, 3.05) is 5.32 Å². The maximum Gasteiger partial charge on any atom is 0.226 e. The number of carbonyl (C=O) groups excluding carboxylic acids is 2. The van der Waals surface area contributed by atoms with Crippen LogP contribution in [0.3, 0.4) is 0 Å². The molecule has 2 aromatic carbocycles. The van der Waals surface area contributed by atoms with E-state index < -0.39 is 0 Å². The van der Waals surface area contributed by atoms with Crippen LogP contribution in [0.1, 0.15) is 43.0 Å². The largest absolute Gasteiger partial charge is 0.326 e. The maximum absolute atomic E-state index is 12.6. The first-order valence-electron chi connectivity index (χ1n) is 8.53. The van der Waals surface area contributed by atoms with E-state index in [1.807, 2.05) is 54.6 Å². The van der Waals surface area contributed by atoms with Crippen LogP contribution >= 0.6 is 0 Å². The minimum Gasteiger partial charge on any atom is -0.326 e. The van der Waals surface area contributed by atoms with E-state index in [9.17, 15) is 9.59 Å². The molecule has 1 aliphatic rings. The number of anilines is 1. The summed E-state index contributed by atoms with van der Waals surface area (Å²) in [6.07, 6.45) is 4.82. The van der Waals surface area contributed by atoms with Gasteiger partial charge in [0.25, 0.3) is 0 Å². The van der Waals surface area contributed by atoms with E-state index in [2.05, 4.69) is 12.2 Å². The molecule has 0 aromatic heterocycles. The van der Waals surface area contributed by atoms with Crippen molar-refractivity contribution in [3.8, 4) is 0 Å². The van der Waals surface area contributed by atoms with E-state index in [1.165, 1.54) is 12.5 Å². The van der Waals surface area contributed by atoms with Crippen LogP contribution in [0.5, 0.6) is 0 Å². The van der Waals surface area contributed by atoms with E-state index in [0.29, 0.717) is 0 Å². The molecule has 1 heterocycles. The van der Waals surface area contributed by atoms with Crippen LogP contribution in [0, 0.1) is 0 Å². The third-order valence-corrected chi connectivity index (χ3v) is 4.47. The molecule has 3 rings (SSSR count). The van der Waals surface area contributed by atoms with Crippen molar-refractivity contribution in [3.05, 3.63) is 71.4 Å². The molecular formula is C21H22N2O2. The van der Waals surface area contributed by atoms with Crippen LogP contribution in [0.4, 0.5) is 5.69 Å². The molecule has 4 heteroatoms. The normalized spacial score (nSPS) is 15.6. The second kappa shape index (κ2) is 7.34. The molecule has 0 saturated heterocycles. The number of fused-ring (bicyclic) bond motifs is 1. The van der Waals surface area contributed by atoms with Crippen LogP contribution in [0.15, 0.2) is 54.7 Å².